The molecule has 0 radical (unpaired) electrons. The molecule has 3 heterocycles. The van der Waals surface area contributed by atoms with Gasteiger partial charge in [-0.05, 0) is 43.5 Å². The van der Waals surface area contributed by atoms with Gasteiger partial charge in [0, 0.05) is 31.5 Å². The molecule has 170 valence electrons. The lowest BCUT2D eigenvalue weighted by atomic mass is 10.1. The van der Waals surface area contributed by atoms with Gasteiger partial charge in [0.05, 0.1) is 30.0 Å². The molecule has 0 saturated carbocycles. The summed E-state index contributed by atoms with van der Waals surface area (Å²) >= 11 is 0. The standard InChI is InChI=1S/C24H24FN5O3/c1-15-19(23(31)28-12-16-5-8-18(25)9-6-16)14-27-22(29-15)20-4-3-11-30(20)24(32)17-7-10-21(33-2)26-13-17/h5-10,13-14,20H,3-4,11-12H2,1-2H3,(H,28,31). The van der Waals surface area contributed by atoms with Crippen LogP contribution in [0.5, 0.6) is 5.88 Å². The highest BCUT2D eigenvalue weighted by molar-refractivity contribution is 5.95. The Labute approximate surface area is 190 Å². The average Bonchev–Trinajstić information content (AvgIpc) is 3.33. The minimum absolute atomic E-state index is 0.143. The number of aryl methyl sites for hydroxylation is 1. The highest BCUT2D eigenvalue weighted by Gasteiger charge is 2.33. The van der Waals surface area contributed by atoms with E-state index in [9.17, 15) is 14.0 Å². The van der Waals surface area contributed by atoms with Crippen molar-refractivity contribution in [2.75, 3.05) is 13.7 Å². The van der Waals surface area contributed by atoms with Crippen LogP contribution < -0.4 is 10.1 Å². The van der Waals surface area contributed by atoms with Crippen molar-refractivity contribution in [1.82, 2.24) is 25.2 Å². The van der Waals surface area contributed by atoms with Gasteiger partial charge in [-0.1, -0.05) is 12.1 Å². The number of ether oxygens (including phenoxy) is 1. The van der Waals surface area contributed by atoms with Crippen molar-refractivity contribution in [1.29, 1.82) is 0 Å². The van der Waals surface area contributed by atoms with E-state index >= 15 is 0 Å². The van der Waals surface area contributed by atoms with Gasteiger partial charge < -0.3 is 15.0 Å². The smallest absolute Gasteiger partial charge is 0.256 e. The van der Waals surface area contributed by atoms with Crippen molar-refractivity contribution >= 4 is 11.8 Å². The van der Waals surface area contributed by atoms with Crippen molar-refractivity contribution in [3.8, 4) is 5.88 Å². The first-order valence-corrected chi connectivity index (χ1v) is 10.6. The van der Waals surface area contributed by atoms with Gasteiger partial charge in [0.1, 0.15) is 5.82 Å². The number of benzene rings is 1. The molecular formula is C24H24FN5O3. The van der Waals surface area contributed by atoms with Crippen LogP contribution in [0.4, 0.5) is 4.39 Å². The third-order valence-electron chi connectivity index (χ3n) is 5.61. The van der Waals surface area contributed by atoms with Crippen LogP contribution in [0.3, 0.4) is 0 Å². The Morgan fingerprint density at radius 2 is 1.94 bits per heavy atom. The van der Waals surface area contributed by atoms with Crippen molar-refractivity contribution < 1.29 is 18.7 Å². The number of carbonyl (C=O) groups excluding carboxylic acids is 2. The summed E-state index contributed by atoms with van der Waals surface area (Å²) < 4.78 is 18.1. The molecule has 1 aliphatic heterocycles. The molecule has 0 bridgehead atoms. The van der Waals surface area contributed by atoms with E-state index in [1.165, 1.54) is 31.6 Å². The van der Waals surface area contributed by atoms with Gasteiger partial charge >= 0.3 is 0 Å². The van der Waals surface area contributed by atoms with Gasteiger partial charge in [0.25, 0.3) is 11.8 Å². The molecule has 1 unspecified atom stereocenters. The Morgan fingerprint density at radius 1 is 1.15 bits per heavy atom. The summed E-state index contributed by atoms with van der Waals surface area (Å²) in [6.45, 7) is 2.60. The lowest BCUT2D eigenvalue weighted by molar-refractivity contribution is 0.0728. The number of hydrogen-bond acceptors (Lipinski definition) is 6. The van der Waals surface area contributed by atoms with Crippen LogP contribution >= 0.6 is 0 Å². The number of pyridine rings is 1. The molecule has 0 spiro atoms. The zero-order chi connectivity index (χ0) is 23.4. The lowest BCUT2D eigenvalue weighted by Gasteiger charge is -2.24. The van der Waals surface area contributed by atoms with Crippen molar-refractivity contribution in [3.05, 3.63) is 82.8 Å². The second-order valence-corrected chi connectivity index (χ2v) is 7.78. The highest BCUT2D eigenvalue weighted by Crippen LogP contribution is 2.31. The maximum Gasteiger partial charge on any atom is 0.256 e. The molecule has 1 saturated heterocycles. The summed E-state index contributed by atoms with van der Waals surface area (Å²) in [5.41, 5.74) is 2.14. The molecule has 2 aromatic heterocycles. The third kappa shape index (κ3) is 4.97. The predicted molar refractivity (Wildman–Crippen MR) is 118 cm³/mol. The molecule has 1 fully saturated rings. The normalized spacial score (nSPS) is 15.4. The summed E-state index contributed by atoms with van der Waals surface area (Å²) in [6.07, 6.45) is 4.57. The van der Waals surface area contributed by atoms with E-state index in [-0.39, 0.29) is 30.2 Å². The number of amides is 2. The first-order chi connectivity index (χ1) is 16.0. The fraction of sp³-hybridized carbons (Fsp3) is 0.292. The van der Waals surface area contributed by atoms with E-state index in [1.54, 1.807) is 36.1 Å². The molecule has 9 heteroatoms. The molecule has 2 amide bonds. The van der Waals surface area contributed by atoms with Crippen molar-refractivity contribution in [3.63, 3.8) is 0 Å². The van der Waals surface area contributed by atoms with Crippen LogP contribution in [0.1, 0.15) is 56.7 Å². The summed E-state index contributed by atoms with van der Waals surface area (Å²) in [5, 5.41) is 2.80. The SMILES string of the molecule is COc1ccc(C(=O)N2CCCC2c2ncc(C(=O)NCc3ccc(F)cc3)c(C)n2)cn1. The van der Waals surface area contributed by atoms with E-state index in [0.29, 0.717) is 35.1 Å². The van der Waals surface area contributed by atoms with Crippen LogP contribution in [0.25, 0.3) is 0 Å². The Balaban J connectivity index is 1.46. The Morgan fingerprint density at radius 3 is 2.61 bits per heavy atom. The van der Waals surface area contributed by atoms with Crippen molar-refractivity contribution in [2.24, 2.45) is 0 Å². The number of methoxy groups -OCH3 is 1. The quantitative estimate of drug-likeness (QED) is 0.621. The molecule has 1 aromatic carbocycles. The minimum Gasteiger partial charge on any atom is -0.481 e. The van der Waals surface area contributed by atoms with Gasteiger partial charge in [-0.15, -0.1) is 0 Å². The van der Waals surface area contributed by atoms with E-state index in [1.807, 2.05) is 0 Å². The zero-order valence-electron chi connectivity index (χ0n) is 18.4. The fourth-order valence-electron chi connectivity index (χ4n) is 3.82. The molecule has 33 heavy (non-hydrogen) atoms. The second kappa shape index (κ2) is 9.72. The van der Waals surface area contributed by atoms with Gasteiger partial charge in [-0.2, -0.15) is 0 Å². The first kappa shape index (κ1) is 22.3. The summed E-state index contributed by atoms with van der Waals surface area (Å²) in [4.78, 5) is 40.4. The molecule has 3 aromatic rings. The number of halogens is 1. The Bertz CT molecular complexity index is 1150. The Hall–Kier alpha value is -3.88. The maximum absolute atomic E-state index is 13.0. The van der Waals surface area contributed by atoms with Gasteiger partial charge in [-0.3, -0.25) is 9.59 Å². The van der Waals surface area contributed by atoms with Crippen molar-refractivity contribution in [2.45, 2.75) is 32.4 Å². The third-order valence-corrected chi connectivity index (χ3v) is 5.61. The monoisotopic (exact) mass is 449 g/mol. The van der Waals surface area contributed by atoms with Crippen LogP contribution in [0.2, 0.25) is 0 Å². The zero-order valence-corrected chi connectivity index (χ0v) is 18.4. The molecule has 4 rings (SSSR count). The molecule has 8 nitrogen and oxygen atoms in total. The van der Waals surface area contributed by atoms with Crippen LogP contribution in [-0.4, -0.2) is 45.3 Å². The van der Waals surface area contributed by atoms with E-state index < -0.39 is 0 Å². The summed E-state index contributed by atoms with van der Waals surface area (Å²) in [7, 11) is 1.52. The van der Waals surface area contributed by atoms with E-state index in [0.717, 1.165) is 18.4 Å². The highest BCUT2D eigenvalue weighted by atomic mass is 19.1. The molecular weight excluding hydrogens is 425 g/mol. The van der Waals surface area contributed by atoms with Crippen LogP contribution in [-0.2, 0) is 6.54 Å². The maximum atomic E-state index is 13.0. The molecule has 0 aliphatic carbocycles. The first-order valence-electron chi connectivity index (χ1n) is 10.6. The average molecular weight is 449 g/mol. The number of likely N-dealkylation sites (tertiary alicyclic amines) is 1. The van der Waals surface area contributed by atoms with Gasteiger partial charge in [0.2, 0.25) is 5.88 Å². The Kier molecular flexibility index (Phi) is 6.58. The topological polar surface area (TPSA) is 97.3 Å². The van der Waals surface area contributed by atoms with Crippen LogP contribution in [0.15, 0.2) is 48.8 Å². The number of nitrogens with zero attached hydrogens (tertiary/aromatic N) is 4. The lowest BCUT2D eigenvalue weighted by Crippen LogP contribution is -2.32. The summed E-state index contributed by atoms with van der Waals surface area (Å²) in [6, 6.07) is 9.00. The number of hydrogen-bond donors (Lipinski definition) is 1. The van der Waals surface area contributed by atoms with E-state index in [2.05, 4.69) is 20.3 Å². The predicted octanol–water partition coefficient (Wildman–Crippen LogP) is 3.24. The van der Waals surface area contributed by atoms with E-state index in [4.69, 9.17) is 4.74 Å². The number of aromatic nitrogens is 3. The number of nitrogens with one attached hydrogen (secondary N) is 1. The number of rotatable bonds is 6. The van der Waals surface area contributed by atoms with Gasteiger partial charge in [0.15, 0.2) is 5.82 Å². The summed E-state index contributed by atoms with van der Waals surface area (Å²) in [5.74, 6) is 0.168. The molecule has 1 aliphatic rings. The molecule has 1 atom stereocenters. The largest absolute Gasteiger partial charge is 0.481 e. The number of carbonyl (C=O) groups is 2. The minimum atomic E-state index is -0.326. The van der Waals surface area contributed by atoms with Crippen LogP contribution in [0, 0.1) is 12.7 Å². The second-order valence-electron chi connectivity index (χ2n) is 7.78. The van der Waals surface area contributed by atoms with Gasteiger partial charge in [-0.25, -0.2) is 19.3 Å². The molecule has 1 N–H and O–H groups in total. The fourth-order valence-corrected chi connectivity index (χ4v) is 3.82.